The van der Waals surface area contributed by atoms with Gasteiger partial charge in [-0.2, -0.15) is 0 Å². The van der Waals surface area contributed by atoms with Crippen molar-refractivity contribution in [2.24, 2.45) is 0 Å². The number of carbonyl (C=O) groups excluding carboxylic acids is 1. The Hall–Kier alpha value is -1.59. The van der Waals surface area contributed by atoms with Crippen LogP contribution in [0.2, 0.25) is 0 Å². The summed E-state index contributed by atoms with van der Waals surface area (Å²) in [6, 6.07) is 7.53. The van der Waals surface area contributed by atoms with E-state index in [-0.39, 0.29) is 18.6 Å². The number of hydrogen-bond donors (Lipinski definition) is 2. The van der Waals surface area contributed by atoms with Crippen LogP contribution < -0.4 is 5.32 Å². The zero-order chi connectivity index (χ0) is 14.8. The molecule has 0 bridgehead atoms. The van der Waals surface area contributed by atoms with E-state index in [0.29, 0.717) is 0 Å². The Morgan fingerprint density at radius 2 is 2.19 bits per heavy atom. The fourth-order valence-electron chi connectivity index (χ4n) is 2.73. The van der Waals surface area contributed by atoms with Gasteiger partial charge in [-0.25, -0.2) is 0 Å². The van der Waals surface area contributed by atoms with Crippen molar-refractivity contribution in [2.45, 2.75) is 31.9 Å². The van der Waals surface area contributed by atoms with Crippen LogP contribution in [-0.4, -0.2) is 15.6 Å². The number of aliphatic hydroxyl groups excluding tert-OH is 1. The topological polar surface area (TPSA) is 54.3 Å². The molecule has 0 fully saturated rings. The highest BCUT2D eigenvalue weighted by Gasteiger charge is 2.20. The normalized spacial score (nSPS) is 17.3. The molecule has 5 heteroatoms. The zero-order valence-electron chi connectivity index (χ0n) is 11.6. The van der Waals surface area contributed by atoms with E-state index in [1.54, 1.807) is 0 Å². The molecule has 0 saturated heterocycles. The highest BCUT2D eigenvalue weighted by atomic mass is 79.9. The summed E-state index contributed by atoms with van der Waals surface area (Å²) in [6.45, 7) is 0.251. The molecule has 1 atom stereocenters. The lowest BCUT2D eigenvalue weighted by molar-refractivity contribution is -0.116. The number of rotatable bonds is 3. The zero-order valence-corrected chi connectivity index (χ0v) is 13.1. The van der Waals surface area contributed by atoms with Gasteiger partial charge in [-0.1, -0.05) is 12.1 Å². The van der Waals surface area contributed by atoms with Crippen molar-refractivity contribution in [2.75, 3.05) is 5.32 Å². The minimum absolute atomic E-state index is 0.0799. The van der Waals surface area contributed by atoms with Gasteiger partial charge >= 0.3 is 0 Å². The van der Waals surface area contributed by atoms with E-state index in [4.69, 9.17) is 0 Å². The van der Waals surface area contributed by atoms with Gasteiger partial charge in [-0.15, -0.1) is 0 Å². The molecule has 0 aliphatic heterocycles. The van der Waals surface area contributed by atoms with E-state index in [1.165, 1.54) is 0 Å². The third-order valence-corrected chi connectivity index (χ3v) is 4.45. The number of anilines is 1. The molecule has 1 aliphatic rings. The highest BCUT2D eigenvalue weighted by Crippen LogP contribution is 2.30. The lowest BCUT2D eigenvalue weighted by Crippen LogP contribution is -2.18. The van der Waals surface area contributed by atoms with Crippen LogP contribution in [0.3, 0.4) is 0 Å². The Kier molecular flexibility index (Phi) is 4.12. The van der Waals surface area contributed by atoms with Crippen molar-refractivity contribution in [3.05, 3.63) is 52.3 Å². The molecule has 1 aromatic heterocycles. The predicted molar refractivity (Wildman–Crippen MR) is 85.1 cm³/mol. The molecular weight excluding hydrogens is 332 g/mol. The number of nitrogens with one attached hydrogen (secondary N) is 1. The third kappa shape index (κ3) is 3.19. The number of benzene rings is 1. The molecule has 4 nitrogen and oxygen atoms in total. The van der Waals surface area contributed by atoms with Gasteiger partial charge in [0.15, 0.2) is 0 Å². The number of hydrogen-bond acceptors (Lipinski definition) is 2. The summed E-state index contributed by atoms with van der Waals surface area (Å²) in [7, 11) is 0. The SMILES string of the molecule is O=C(Cn1cc2c(c1)C(O)CCC2)Nc1ccccc1Br. The van der Waals surface area contributed by atoms with Crippen LogP contribution in [0.1, 0.15) is 30.1 Å². The van der Waals surface area contributed by atoms with E-state index in [1.807, 2.05) is 41.2 Å². The first-order valence-electron chi connectivity index (χ1n) is 7.04. The Morgan fingerprint density at radius 1 is 1.38 bits per heavy atom. The number of carbonyl (C=O) groups is 1. The number of amides is 1. The van der Waals surface area contributed by atoms with Crippen LogP contribution >= 0.6 is 15.9 Å². The van der Waals surface area contributed by atoms with Gasteiger partial charge in [0.25, 0.3) is 0 Å². The number of aliphatic hydroxyl groups is 1. The largest absolute Gasteiger partial charge is 0.388 e. The third-order valence-electron chi connectivity index (χ3n) is 3.75. The summed E-state index contributed by atoms with van der Waals surface area (Å²) < 4.78 is 2.71. The van der Waals surface area contributed by atoms with E-state index in [9.17, 15) is 9.90 Å². The maximum atomic E-state index is 12.1. The molecule has 2 aromatic rings. The quantitative estimate of drug-likeness (QED) is 0.894. The minimum atomic E-state index is -0.388. The second-order valence-corrected chi connectivity index (χ2v) is 6.20. The number of fused-ring (bicyclic) bond motifs is 1. The Bertz CT molecular complexity index is 666. The smallest absolute Gasteiger partial charge is 0.244 e. The van der Waals surface area contributed by atoms with Crippen LogP contribution in [0, 0.1) is 0 Å². The highest BCUT2D eigenvalue weighted by molar-refractivity contribution is 9.10. The van der Waals surface area contributed by atoms with Crippen molar-refractivity contribution in [3.63, 3.8) is 0 Å². The molecule has 1 heterocycles. The summed E-state index contributed by atoms with van der Waals surface area (Å²) >= 11 is 3.41. The number of aromatic nitrogens is 1. The molecule has 110 valence electrons. The summed E-state index contributed by atoms with van der Waals surface area (Å²) in [4.78, 5) is 12.1. The van der Waals surface area contributed by atoms with Gasteiger partial charge in [0, 0.05) is 22.4 Å². The lowest BCUT2D eigenvalue weighted by Gasteiger charge is -2.16. The Labute approximate surface area is 131 Å². The lowest BCUT2D eigenvalue weighted by atomic mass is 9.93. The summed E-state index contributed by atoms with van der Waals surface area (Å²) in [5.41, 5.74) is 2.89. The average Bonchev–Trinajstić information content (AvgIpc) is 2.85. The van der Waals surface area contributed by atoms with Gasteiger partial charge in [-0.05, 0) is 52.9 Å². The van der Waals surface area contributed by atoms with Crippen molar-refractivity contribution < 1.29 is 9.90 Å². The maximum Gasteiger partial charge on any atom is 0.244 e. The fraction of sp³-hybridized carbons (Fsp3) is 0.312. The molecule has 0 saturated carbocycles. The summed E-state index contributed by atoms with van der Waals surface area (Å²) in [5, 5.41) is 12.8. The maximum absolute atomic E-state index is 12.1. The van der Waals surface area contributed by atoms with Crippen LogP contribution in [0.5, 0.6) is 0 Å². The Morgan fingerprint density at radius 3 is 2.95 bits per heavy atom. The van der Waals surface area contributed by atoms with Gasteiger partial charge in [-0.3, -0.25) is 4.79 Å². The first kappa shape index (κ1) is 14.4. The predicted octanol–water partition coefficient (Wildman–Crippen LogP) is 3.26. The van der Waals surface area contributed by atoms with Crippen molar-refractivity contribution in [1.82, 2.24) is 4.57 Å². The van der Waals surface area contributed by atoms with E-state index < -0.39 is 0 Å². The minimum Gasteiger partial charge on any atom is -0.388 e. The number of aryl methyl sites for hydroxylation is 1. The molecule has 1 aliphatic carbocycles. The number of nitrogens with zero attached hydrogens (tertiary/aromatic N) is 1. The summed E-state index contributed by atoms with van der Waals surface area (Å²) in [6.07, 6.45) is 6.25. The number of halogens is 1. The molecule has 0 radical (unpaired) electrons. The molecule has 0 spiro atoms. The first-order chi connectivity index (χ1) is 10.1. The molecule has 2 N–H and O–H groups in total. The molecule has 3 rings (SSSR count). The molecular formula is C16H17BrN2O2. The van der Waals surface area contributed by atoms with Gasteiger partial charge in [0.05, 0.1) is 11.8 Å². The molecule has 1 unspecified atom stereocenters. The fourth-order valence-corrected chi connectivity index (χ4v) is 3.12. The summed E-state index contributed by atoms with van der Waals surface area (Å²) in [5.74, 6) is -0.0799. The second-order valence-electron chi connectivity index (χ2n) is 5.35. The van der Waals surface area contributed by atoms with Gasteiger partial charge in [0.1, 0.15) is 6.54 Å². The van der Waals surface area contributed by atoms with Crippen LogP contribution in [0.15, 0.2) is 41.1 Å². The first-order valence-corrected chi connectivity index (χ1v) is 7.84. The molecule has 1 aromatic carbocycles. The standard InChI is InChI=1S/C16H17BrN2O2/c17-13-5-1-2-6-14(13)18-16(21)10-19-8-11-4-3-7-15(20)12(11)9-19/h1-2,5-6,8-9,15,20H,3-4,7,10H2,(H,18,21). The Balaban J connectivity index is 1.69. The van der Waals surface area contributed by atoms with E-state index in [2.05, 4.69) is 21.2 Å². The van der Waals surface area contributed by atoms with Gasteiger partial charge in [0.2, 0.25) is 5.91 Å². The molecule has 21 heavy (non-hydrogen) atoms. The van der Waals surface area contributed by atoms with E-state index >= 15 is 0 Å². The van der Waals surface area contributed by atoms with Crippen molar-refractivity contribution in [1.29, 1.82) is 0 Å². The number of para-hydroxylation sites is 1. The van der Waals surface area contributed by atoms with Gasteiger partial charge < -0.3 is 15.0 Å². The van der Waals surface area contributed by atoms with Crippen LogP contribution in [0.25, 0.3) is 0 Å². The van der Waals surface area contributed by atoms with Crippen LogP contribution in [0.4, 0.5) is 5.69 Å². The molecule has 1 amide bonds. The van der Waals surface area contributed by atoms with Crippen LogP contribution in [-0.2, 0) is 17.8 Å². The monoisotopic (exact) mass is 348 g/mol. The van der Waals surface area contributed by atoms with E-state index in [0.717, 1.165) is 40.5 Å². The van der Waals surface area contributed by atoms with Crippen molar-refractivity contribution in [3.8, 4) is 0 Å². The average molecular weight is 349 g/mol. The second kappa shape index (κ2) is 6.03. The van der Waals surface area contributed by atoms with Crippen molar-refractivity contribution >= 4 is 27.5 Å².